The normalized spacial score (nSPS) is 18.8. The molecule has 1 aromatic heterocycles. The molecule has 0 unspecified atom stereocenters. The Labute approximate surface area is 151 Å². The molecule has 2 aromatic rings. The van der Waals surface area contributed by atoms with Crippen LogP contribution in [0.3, 0.4) is 0 Å². The Morgan fingerprint density at radius 3 is 2.72 bits per heavy atom. The first kappa shape index (κ1) is 17.6. The maximum absolute atomic E-state index is 12.6. The van der Waals surface area contributed by atoms with Crippen molar-refractivity contribution in [2.75, 3.05) is 13.1 Å². The number of likely N-dealkylation sites (tertiary alicyclic amines) is 1. The molecular formula is C19H22N2O3S. The van der Waals surface area contributed by atoms with Crippen molar-refractivity contribution in [2.24, 2.45) is 0 Å². The summed E-state index contributed by atoms with van der Waals surface area (Å²) in [6.07, 6.45) is 1.42. The summed E-state index contributed by atoms with van der Waals surface area (Å²) in [6, 6.07) is 11.3. The van der Waals surface area contributed by atoms with Crippen LogP contribution in [0.15, 0.2) is 41.8 Å². The first-order valence-corrected chi connectivity index (χ1v) is 9.29. The molecular weight excluding hydrogens is 336 g/mol. The van der Waals surface area contributed by atoms with E-state index in [2.05, 4.69) is 5.32 Å². The number of carbonyl (C=O) groups is 2. The molecule has 1 aromatic carbocycles. The number of hydrogen-bond acceptors (Lipinski definition) is 4. The molecule has 2 N–H and O–H groups in total. The highest BCUT2D eigenvalue weighted by Crippen LogP contribution is 2.26. The van der Waals surface area contributed by atoms with Crippen LogP contribution >= 0.6 is 11.3 Å². The highest BCUT2D eigenvalue weighted by Gasteiger charge is 2.32. The molecule has 3 rings (SSSR count). The van der Waals surface area contributed by atoms with Crippen LogP contribution in [0.25, 0.3) is 0 Å². The summed E-state index contributed by atoms with van der Waals surface area (Å²) in [6.45, 7) is 2.80. The van der Waals surface area contributed by atoms with Crippen molar-refractivity contribution in [1.29, 1.82) is 0 Å². The molecule has 1 aliphatic rings. The third kappa shape index (κ3) is 4.27. The van der Waals surface area contributed by atoms with Crippen LogP contribution in [0.1, 0.15) is 34.9 Å². The lowest BCUT2D eigenvalue weighted by atomic mass is 10.0. The van der Waals surface area contributed by atoms with Gasteiger partial charge >= 0.3 is 5.97 Å². The van der Waals surface area contributed by atoms with Gasteiger partial charge in [-0.1, -0.05) is 35.9 Å². The largest absolute Gasteiger partial charge is 0.480 e. The number of aliphatic carboxylic acids is 1. The Kier molecular flexibility index (Phi) is 5.50. The predicted molar refractivity (Wildman–Crippen MR) is 97.7 cm³/mol. The van der Waals surface area contributed by atoms with Crippen LogP contribution in [0.4, 0.5) is 0 Å². The summed E-state index contributed by atoms with van der Waals surface area (Å²) in [5.41, 5.74) is 2.19. The molecule has 5 nitrogen and oxygen atoms in total. The van der Waals surface area contributed by atoms with E-state index in [4.69, 9.17) is 0 Å². The fraction of sp³-hybridized carbons (Fsp3) is 0.368. The van der Waals surface area contributed by atoms with E-state index in [1.165, 1.54) is 5.56 Å². The molecule has 132 valence electrons. The highest BCUT2D eigenvalue weighted by molar-refractivity contribution is 7.10. The van der Waals surface area contributed by atoms with Gasteiger partial charge in [-0.15, -0.1) is 11.3 Å². The fourth-order valence-corrected chi connectivity index (χ4v) is 4.02. The van der Waals surface area contributed by atoms with E-state index in [0.29, 0.717) is 13.0 Å². The summed E-state index contributed by atoms with van der Waals surface area (Å²) in [5, 5.41) is 14.3. The van der Waals surface area contributed by atoms with Crippen molar-refractivity contribution in [1.82, 2.24) is 10.2 Å². The third-order valence-corrected chi connectivity index (χ3v) is 5.48. The van der Waals surface area contributed by atoms with Crippen molar-refractivity contribution in [3.05, 3.63) is 57.8 Å². The second kappa shape index (κ2) is 7.80. The summed E-state index contributed by atoms with van der Waals surface area (Å²) in [7, 11) is 0. The lowest BCUT2D eigenvalue weighted by Gasteiger charge is -2.23. The summed E-state index contributed by atoms with van der Waals surface area (Å²) in [4.78, 5) is 26.7. The number of nitrogens with one attached hydrogen (secondary N) is 1. The number of nitrogens with zero attached hydrogens (tertiary/aromatic N) is 1. The minimum Gasteiger partial charge on any atom is -0.480 e. The van der Waals surface area contributed by atoms with Gasteiger partial charge in [-0.05, 0) is 43.3 Å². The number of carboxylic acid groups (broad SMARTS) is 1. The maximum Gasteiger partial charge on any atom is 0.320 e. The number of amides is 1. The van der Waals surface area contributed by atoms with E-state index in [1.807, 2.05) is 48.7 Å². The molecule has 1 saturated heterocycles. The number of carbonyl (C=O) groups excluding carboxylic acids is 1. The zero-order valence-electron chi connectivity index (χ0n) is 14.1. The van der Waals surface area contributed by atoms with Crippen LogP contribution < -0.4 is 5.32 Å². The lowest BCUT2D eigenvalue weighted by Crippen LogP contribution is -2.43. The van der Waals surface area contributed by atoms with Crippen LogP contribution in [0.2, 0.25) is 0 Å². The van der Waals surface area contributed by atoms with E-state index < -0.39 is 12.0 Å². The lowest BCUT2D eigenvalue weighted by molar-refractivity contribution is -0.142. The highest BCUT2D eigenvalue weighted by atomic mass is 32.1. The van der Waals surface area contributed by atoms with Crippen molar-refractivity contribution in [3.8, 4) is 0 Å². The molecule has 1 aliphatic heterocycles. The fourth-order valence-electron chi connectivity index (χ4n) is 3.22. The third-order valence-electron chi connectivity index (χ3n) is 4.54. The second-order valence-corrected chi connectivity index (χ2v) is 7.37. The average molecular weight is 358 g/mol. The van der Waals surface area contributed by atoms with E-state index in [0.717, 1.165) is 16.9 Å². The number of carboxylic acids is 1. The molecule has 0 spiro atoms. The zero-order valence-corrected chi connectivity index (χ0v) is 15.0. The van der Waals surface area contributed by atoms with Gasteiger partial charge in [0, 0.05) is 4.88 Å². The quantitative estimate of drug-likeness (QED) is 0.833. The molecule has 0 aliphatic carbocycles. The maximum atomic E-state index is 12.6. The number of benzene rings is 1. The molecule has 25 heavy (non-hydrogen) atoms. The van der Waals surface area contributed by atoms with Gasteiger partial charge in [0.1, 0.15) is 6.04 Å². The molecule has 0 saturated carbocycles. The summed E-state index contributed by atoms with van der Waals surface area (Å²) in [5.74, 6) is -0.995. The van der Waals surface area contributed by atoms with Crippen LogP contribution in [0.5, 0.6) is 0 Å². The first-order valence-electron chi connectivity index (χ1n) is 8.41. The van der Waals surface area contributed by atoms with Gasteiger partial charge in [-0.25, -0.2) is 0 Å². The molecule has 1 fully saturated rings. The Morgan fingerprint density at radius 1 is 1.32 bits per heavy atom. The van der Waals surface area contributed by atoms with Gasteiger partial charge in [0.25, 0.3) is 0 Å². The minimum atomic E-state index is -0.848. The number of thiophene rings is 1. The smallest absolute Gasteiger partial charge is 0.320 e. The van der Waals surface area contributed by atoms with Gasteiger partial charge in [-0.3, -0.25) is 14.5 Å². The van der Waals surface area contributed by atoms with E-state index in [9.17, 15) is 14.7 Å². The van der Waals surface area contributed by atoms with E-state index >= 15 is 0 Å². The van der Waals surface area contributed by atoms with Crippen LogP contribution in [-0.2, 0) is 9.59 Å². The van der Waals surface area contributed by atoms with Gasteiger partial charge in [0.2, 0.25) is 5.91 Å². The Morgan fingerprint density at radius 2 is 2.08 bits per heavy atom. The summed E-state index contributed by atoms with van der Waals surface area (Å²) >= 11 is 1.60. The van der Waals surface area contributed by atoms with Crippen LogP contribution in [-0.4, -0.2) is 41.0 Å². The van der Waals surface area contributed by atoms with Crippen molar-refractivity contribution < 1.29 is 14.7 Å². The standard InChI is InChI=1S/C19H22N2O3S/c1-13-6-8-14(9-7-13)18(16-5-3-11-25-16)20-17(22)12-21-10-2-4-15(21)19(23)24/h3,5-9,11,15,18H,2,4,10,12H2,1H3,(H,20,22)(H,23,24)/t15-,18+/m1/s1. The van der Waals surface area contributed by atoms with Crippen molar-refractivity contribution >= 4 is 23.2 Å². The first-order chi connectivity index (χ1) is 12.0. The molecule has 2 atom stereocenters. The Hall–Kier alpha value is -2.18. The molecule has 0 bridgehead atoms. The Bertz CT molecular complexity index is 728. The minimum absolute atomic E-state index is 0.116. The van der Waals surface area contributed by atoms with Gasteiger partial charge < -0.3 is 10.4 Å². The SMILES string of the molecule is Cc1ccc([C@H](NC(=O)CN2CCC[C@@H]2C(=O)O)c2cccs2)cc1. The molecule has 6 heteroatoms. The van der Waals surface area contributed by atoms with Gasteiger partial charge in [0.15, 0.2) is 0 Å². The van der Waals surface area contributed by atoms with Crippen molar-refractivity contribution in [2.45, 2.75) is 31.8 Å². The van der Waals surface area contributed by atoms with Crippen LogP contribution in [0, 0.1) is 6.92 Å². The number of rotatable bonds is 6. The average Bonchev–Trinajstić information content (AvgIpc) is 3.25. The van der Waals surface area contributed by atoms with Gasteiger partial charge in [0.05, 0.1) is 12.6 Å². The molecule has 0 radical (unpaired) electrons. The number of aryl methyl sites for hydroxylation is 1. The zero-order chi connectivity index (χ0) is 17.8. The topological polar surface area (TPSA) is 69.6 Å². The second-order valence-electron chi connectivity index (χ2n) is 6.39. The van der Waals surface area contributed by atoms with E-state index in [-0.39, 0.29) is 18.5 Å². The summed E-state index contributed by atoms with van der Waals surface area (Å²) < 4.78 is 0. The Balaban J connectivity index is 1.73. The molecule has 1 amide bonds. The van der Waals surface area contributed by atoms with Gasteiger partial charge in [-0.2, -0.15) is 0 Å². The monoisotopic (exact) mass is 358 g/mol. The van der Waals surface area contributed by atoms with Crippen molar-refractivity contribution in [3.63, 3.8) is 0 Å². The number of hydrogen-bond donors (Lipinski definition) is 2. The molecule has 2 heterocycles. The van der Waals surface area contributed by atoms with E-state index in [1.54, 1.807) is 16.2 Å². The predicted octanol–water partition coefficient (Wildman–Crippen LogP) is 2.81.